The fourth-order valence-corrected chi connectivity index (χ4v) is 3.01. The lowest BCUT2D eigenvalue weighted by Gasteiger charge is -2.25. The summed E-state index contributed by atoms with van der Waals surface area (Å²) in [7, 11) is 0. The molecule has 0 aromatic heterocycles. The molecule has 2 aromatic carbocycles. The first-order chi connectivity index (χ1) is 10.3. The molecule has 0 radical (unpaired) electrons. The molecule has 0 fully saturated rings. The Kier molecular flexibility index (Phi) is 4.26. The number of amides is 1. The van der Waals surface area contributed by atoms with Crippen molar-refractivity contribution in [2.75, 3.05) is 0 Å². The van der Waals surface area contributed by atoms with Crippen molar-refractivity contribution < 1.29 is 4.79 Å². The van der Waals surface area contributed by atoms with Crippen molar-refractivity contribution in [3.63, 3.8) is 0 Å². The van der Waals surface area contributed by atoms with E-state index in [4.69, 9.17) is 11.6 Å². The number of fused-ring (bicyclic) bond motifs is 1. The largest absolute Gasteiger partial charge is 0.349 e. The lowest BCUT2D eigenvalue weighted by atomic mass is 9.88. The van der Waals surface area contributed by atoms with Gasteiger partial charge in [0.15, 0.2) is 0 Å². The molecule has 1 aliphatic rings. The second-order valence-electron chi connectivity index (χ2n) is 5.51. The zero-order chi connectivity index (χ0) is 14.7. The number of carbonyl (C=O) groups excluding carboxylic acids is 1. The van der Waals surface area contributed by atoms with Crippen molar-refractivity contribution in [2.24, 2.45) is 0 Å². The third-order valence-corrected chi connectivity index (χ3v) is 4.36. The Labute approximate surface area is 130 Å². The average molecular weight is 300 g/mol. The summed E-state index contributed by atoms with van der Waals surface area (Å²) in [6.07, 6.45) is 2.95. The molecule has 3 rings (SSSR count). The van der Waals surface area contributed by atoms with Crippen molar-refractivity contribution >= 4 is 17.5 Å². The summed E-state index contributed by atoms with van der Waals surface area (Å²) in [5.41, 5.74) is 4.49. The summed E-state index contributed by atoms with van der Waals surface area (Å²) in [6.45, 7) is 0. The minimum atomic E-state index is 0.000466. The topological polar surface area (TPSA) is 29.1 Å². The molecule has 1 unspecified atom stereocenters. The highest BCUT2D eigenvalue weighted by Gasteiger charge is 2.20. The van der Waals surface area contributed by atoms with E-state index in [9.17, 15) is 4.79 Å². The predicted molar refractivity (Wildman–Crippen MR) is 85.7 cm³/mol. The molecule has 0 bridgehead atoms. The zero-order valence-corrected chi connectivity index (χ0v) is 12.6. The number of halogens is 1. The second-order valence-corrected chi connectivity index (χ2v) is 5.78. The van der Waals surface area contributed by atoms with Crippen molar-refractivity contribution in [3.05, 3.63) is 70.8 Å². The van der Waals surface area contributed by atoms with Gasteiger partial charge in [0.25, 0.3) is 5.91 Å². The summed E-state index contributed by atoms with van der Waals surface area (Å²) in [5.74, 6) is 0.474. The molecule has 0 saturated carbocycles. The van der Waals surface area contributed by atoms with Gasteiger partial charge in [-0.3, -0.25) is 4.79 Å². The third kappa shape index (κ3) is 3.27. The maximum atomic E-state index is 12.3. The van der Waals surface area contributed by atoms with E-state index in [0.717, 1.165) is 24.8 Å². The van der Waals surface area contributed by atoms with Crippen LogP contribution in [0.4, 0.5) is 0 Å². The van der Waals surface area contributed by atoms with Crippen molar-refractivity contribution in [2.45, 2.75) is 31.2 Å². The summed E-state index contributed by atoms with van der Waals surface area (Å²) in [5, 5.41) is 3.14. The molecule has 21 heavy (non-hydrogen) atoms. The van der Waals surface area contributed by atoms with Gasteiger partial charge in [0.1, 0.15) is 0 Å². The highest BCUT2D eigenvalue weighted by molar-refractivity contribution is 6.17. The fourth-order valence-electron chi connectivity index (χ4n) is 2.83. The fraction of sp³-hybridized carbons (Fsp3) is 0.278. The predicted octanol–water partition coefficient (Wildman–Crippen LogP) is 3.71. The number of rotatable bonds is 3. The summed E-state index contributed by atoms with van der Waals surface area (Å²) < 4.78 is 0. The number of alkyl halides is 1. The molecule has 0 spiro atoms. The molecule has 0 saturated heterocycles. The number of aryl methyl sites for hydroxylation is 1. The van der Waals surface area contributed by atoms with Gasteiger partial charge in [-0.05, 0) is 48.1 Å². The van der Waals surface area contributed by atoms with Crippen LogP contribution in [0.2, 0.25) is 0 Å². The molecule has 1 aliphatic carbocycles. The Morgan fingerprint density at radius 3 is 2.52 bits per heavy atom. The lowest BCUT2D eigenvalue weighted by molar-refractivity contribution is 0.0933. The van der Waals surface area contributed by atoms with E-state index in [2.05, 4.69) is 29.6 Å². The van der Waals surface area contributed by atoms with Gasteiger partial charge in [0.2, 0.25) is 0 Å². The van der Waals surface area contributed by atoms with Gasteiger partial charge in [-0.15, -0.1) is 11.6 Å². The normalized spacial score (nSPS) is 17.1. The lowest BCUT2D eigenvalue weighted by Crippen LogP contribution is -2.38. The van der Waals surface area contributed by atoms with Crippen molar-refractivity contribution in [3.8, 4) is 0 Å². The van der Waals surface area contributed by atoms with E-state index in [-0.39, 0.29) is 11.9 Å². The van der Waals surface area contributed by atoms with Crippen LogP contribution < -0.4 is 5.32 Å². The highest BCUT2D eigenvalue weighted by Crippen LogP contribution is 2.21. The van der Waals surface area contributed by atoms with Crippen LogP contribution in [0.25, 0.3) is 0 Å². The van der Waals surface area contributed by atoms with Crippen LogP contribution >= 0.6 is 11.6 Å². The molecule has 108 valence electrons. The van der Waals surface area contributed by atoms with Crippen LogP contribution in [-0.4, -0.2) is 11.9 Å². The number of hydrogen-bond donors (Lipinski definition) is 1. The first-order valence-electron chi connectivity index (χ1n) is 7.29. The van der Waals surface area contributed by atoms with Gasteiger partial charge in [0.05, 0.1) is 0 Å². The SMILES string of the molecule is O=C(NC1CCc2ccccc2C1)c1ccc(CCl)cc1. The van der Waals surface area contributed by atoms with E-state index in [0.29, 0.717) is 11.4 Å². The van der Waals surface area contributed by atoms with Crippen molar-refractivity contribution in [1.29, 1.82) is 0 Å². The Morgan fingerprint density at radius 1 is 1.10 bits per heavy atom. The average Bonchev–Trinajstić information content (AvgIpc) is 2.55. The molecule has 1 atom stereocenters. The molecule has 0 heterocycles. The second kappa shape index (κ2) is 6.31. The number of benzene rings is 2. The monoisotopic (exact) mass is 299 g/mol. The number of hydrogen-bond acceptors (Lipinski definition) is 1. The maximum absolute atomic E-state index is 12.3. The van der Waals surface area contributed by atoms with Crippen LogP contribution in [0.5, 0.6) is 0 Å². The Bertz CT molecular complexity index is 636. The van der Waals surface area contributed by atoms with Gasteiger partial charge in [0, 0.05) is 17.5 Å². The smallest absolute Gasteiger partial charge is 0.251 e. The van der Waals surface area contributed by atoms with Gasteiger partial charge in [-0.1, -0.05) is 36.4 Å². The molecule has 0 aliphatic heterocycles. The Hall–Kier alpha value is -1.80. The molecule has 1 N–H and O–H groups in total. The van der Waals surface area contributed by atoms with Gasteiger partial charge in [-0.2, -0.15) is 0 Å². The maximum Gasteiger partial charge on any atom is 0.251 e. The standard InChI is InChI=1S/C18H18ClNO/c19-12-13-5-7-15(8-6-13)18(21)20-17-10-9-14-3-1-2-4-16(14)11-17/h1-8,17H,9-12H2,(H,20,21). The third-order valence-electron chi connectivity index (χ3n) is 4.05. The van der Waals surface area contributed by atoms with E-state index in [1.54, 1.807) is 0 Å². The Balaban J connectivity index is 1.65. The van der Waals surface area contributed by atoms with Crippen LogP contribution in [0.15, 0.2) is 48.5 Å². The minimum Gasteiger partial charge on any atom is -0.349 e. The Morgan fingerprint density at radius 2 is 1.81 bits per heavy atom. The molecular weight excluding hydrogens is 282 g/mol. The first-order valence-corrected chi connectivity index (χ1v) is 7.82. The number of nitrogens with one attached hydrogen (secondary N) is 1. The highest BCUT2D eigenvalue weighted by atomic mass is 35.5. The summed E-state index contributed by atoms with van der Waals surface area (Å²) >= 11 is 5.76. The van der Waals surface area contributed by atoms with Crippen LogP contribution in [0, 0.1) is 0 Å². The van der Waals surface area contributed by atoms with Gasteiger partial charge in [-0.25, -0.2) is 0 Å². The van der Waals surface area contributed by atoms with Gasteiger partial charge >= 0.3 is 0 Å². The molecule has 2 aromatic rings. The van der Waals surface area contributed by atoms with Crippen LogP contribution in [-0.2, 0) is 18.7 Å². The summed E-state index contributed by atoms with van der Waals surface area (Å²) in [6, 6.07) is 16.2. The molecule has 3 heteroatoms. The van der Waals surface area contributed by atoms with Crippen LogP contribution in [0.3, 0.4) is 0 Å². The van der Waals surface area contributed by atoms with E-state index >= 15 is 0 Å². The number of carbonyl (C=O) groups is 1. The van der Waals surface area contributed by atoms with E-state index in [1.165, 1.54) is 11.1 Å². The van der Waals surface area contributed by atoms with E-state index < -0.39 is 0 Å². The zero-order valence-electron chi connectivity index (χ0n) is 11.8. The van der Waals surface area contributed by atoms with Gasteiger partial charge < -0.3 is 5.32 Å². The van der Waals surface area contributed by atoms with Crippen LogP contribution in [0.1, 0.15) is 33.5 Å². The summed E-state index contributed by atoms with van der Waals surface area (Å²) in [4.78, 5) is 12.3. The minimum absolute atomic E-state index is 0.000466. The molecular formula is C18H18ClNO. The van der Waals surface area contributed by atoms with E-state index in [1.807, 2.05) is 24.3 Å². The first kappa shape index (κ1) is 14.2. The molecule has 2 nitrogen and oxygen atoms in total. The van der Waals surface area contributed by atoms with Crippen molar-refractivity contribution in [1.82, 2.24) is 5.32 Å². The quantitative estimate of drug-likeness (QED) is 0.860. The molecule has 1 amide bonds.